The van der Waals surface area contributed by atoms with Gasteiger partial charge in [0.25, 0.3) is 0 Å². The molecular weight excluding hydrogens is 300 g/mol. The molecule has 3 saturated carbocycles. The van der Waals surface area contributed by atoms with Gasteiger partial charge in [-0.3, -0.25) is 0 Å². The van der Waals surface area contributed by atoms with Crippen molar-refractivity contribution in [1.82, 2.24) is 10.3 Å². The summed E-state index contributed by atoms with van der Waals surface area (Å²) in [5.41, 5.74) is 2.20. The number of aliphatic hydroxyl groups is 1. The zero-order chi connectivity index (χ0) is 16.7. The van der Waals surface area contributed by atoms with Gasteiger partial charge >= 0.3 is 0 Å². The summed E-state index contributed by atoms with van der Waals surface area (Å²) >= 11 is 0. The van der Waals surface area contributed by atoms with Crippen molar-refractivity contribution in [2.45, 2.75) is 77.7 Å². The zero-order valence-corrected chi connectivity index (χ0v) is 15.2. The first-order chi connectivity index (χ1) is 11.4. The summed E-state index contributed by atoms with van der Waals surface area (Å²) in [6.07, 6.45) is 9.37. The Morgan fingerprint density at radius 2 is 1.71 bits per heavy atom. The van der Waals surface area contributed by atoms with Crippen molar-refractivity contribution in [2.75, 3.05) is 0 Å². The van der Waals surface area contributed by atoms with Crippen LogP contribution in [0.1, 0.15) is 70.7 Å². The van der Waals surface area contributed by atoms with E-state index in [-0.39, 0.29) is 5.41 Å². The summed E-state index contributed by atoms with van der Waals surface area (Å²) in [5.74, 6) is 2.97. The third-order valence-electron chi connectivity index (χ3n) is 9.25. The molecule has 0 saturated heterocycles. The first-order valence-electron chi connectivity index (χ1n) is 9.88. The van der Waals surface area contributed by atoms with Crippen molar-refractivity contribution in [3.8, 4) is 0 Å². The van der Waals surface area contributed by atoms with Crippen molar-refractivity contribution in [3.63, 3.8) is 0 Å². The van der Waals surface area contributed by atoms with Crippen molar-refractivity contribution in [1.29, 1.82) is 0 Å². The van der Waals surface area contributed by atoms with Crippen LogP contribution in [0.15, 0.2) is 4.63 Å². The van der Waals surface area contributed by atoms with Gasteiger partial charge in [0.15, 0.2) is 0 Å². The Hall–Kier alpha value is -0.900. The zero-order valence-electron chi connectivity index (χ0n) is 15.2. The summed E-state index contributed by atoms with van der Waals surface area (Å²) in [4.78, 5) is 0. The fraction of sp³-hybridized carbons (Fsp3) is 0.900. The van der Waals surface area contributed by atoms with E-state index < -0.39 is 5.60 Å². The topological polar surface area (TPSA) is 59.2 Å². The molecule has 7 atom stereocenters. The lowest BCUT2D eigenvalue weighted by Gasteiger charge is -2.60. The molecule has 4 unspecified atom stereocenters. The Balaban J connectivity index is 1.50. The highest BCUT2D eigenvalue weighted by atomic mass is 16.6. The second-order valence-electron chi connectivity index (χ2n) is 9.96. The van der Waals surface area contributed by atoms with E-state index in [0.717, 1.165) is 48.4 Å². The Morgan fingerprint density at radius 1 is 0.958 bits per heavy atom. The van der Waals surface area contributed by atoms with Crippen LogP contribution in [0, 0.1) is 34.5 Å². The van der Waals surface area contributed by atoms with Crippen LogP contribution in [0.5, 0.6) is 0 Å². The Labute approximate surface area is 144 Å². The van der Waals surface area contributed by atoms with Gasteiger partial charge in [-0.15, -0.1) is 0 Å². The molecule has 1 heterocycles. The fourth-order valence-corrected chi connectivity index (χ4v) is 7.50. The van der Waals surface area contributed by atoms with E-state index in [0.29, 0.717) is 11.3 Å². The van der Waals surface area contributed by atoms with Gasteiger partial charge in [0, 0.05) is 6.42 Å². The molecule has 4 heteroatoms. The minimum absolute atomic E-state index is 0.118. The van der Waals surface area contributed by atoms with Gasteiger partial charge < -0.3 is 5.11 Å². The molecule has 0 radical (unpaired) electrons. The first-order valence-corrected chi connectivity index (χ1v) is 9.88. The Bertz CT molecular complexity index is 668. The van der Waals surface area contributed by atoms with E-state index in [1.54, 1.807) is 0 Å². The second-order valence-corrected chi connectivity index (χ2v) is 9.96. The summed E-state index contributed by atoms with van der Waals surface area (Å²) in [6.45, 7) is 6.98. The van der Waals surface area contributed by atoms with E-state index in [1.165, 1.54) is 32.1 Å². The minimum atomic E-state index is -0.476. The standard InChI is InChI=1S/C20H30N2O2/c1-18-11-17-16(21-24-22-17)10-12(18)4-5-13-14(18)6-8-19(2)15(13)7-9-20(19,3)23/h12-15,23H,4-11H2,1-3H3/t12?,13?,14?,15?,18-,19-,20-/m0/s1. The third kappa shape index (κ3) is 1.73. The summed E-state index contributed by atoms with van der Waals surface area (Å²) in [6, 6.07) is 0. The van der Waals surface area contributed by atoms with Crippen molar-refractivity contribution in [3.05, 3.63) is 11.4 Å². The minimum Gasteiger partial charge on any atom is -0.390 e. The van der Waals surface area contributed by atoms with E-state index in [1.807, 2.05) is 0 Å². The predicted molar refractivity (Wildman–Crippen MR) is 90.2 cm³/mol. The summed E-state index contributed by atoms with van der Waals surface area (Å²) in [7, 11) is 0. The molecule has 0 bridgehead atoms. The highest BCUT2D eigenvalue weighted by Crippen LogP contribution is 2.67. The summed E-state index contributed by atoms with van der Waals surface area (Å²) < 4.78 is 5.03. The molecule has 0 aliphatic heterocycles. The number of hydrogen-bond acceptors (Lipinski definition) is 4. The molecule has 24 heavy (non-hydrogen) atoms. The number of aromatic nitrogens is 2. The second kappa shape index (κ2) is 4.63. The van der Waals surface area contributed by atoms with Gasteiger partial charge in [0.05, 0.1) is 5.60 Å². The molecule has 1 N–H and O–H groups in total. The van der Waals surface area contributed by atoms with Crippen LogP contribution in [-0.2, 0) is 12.8 Å². The maximum absolute atomic E-state index is 11.0. The number of nitrogens with zero attached hydrogens (tertiary/aromatic N) is 2. The molecule has 1 aromatic heterocycles. The number of rotatable bonds is 0. The molecule has 0 spiro atoms. The average molecular weight is 330 g/mol. The van der Waals surface area contributed by atoms with Crippen LogP contribution in [0.3, 0.4) is 0 Å². The summed E-state index contributed by atoms with van der Waals surface area (Å²) in [5, 5.41) is 19.4. The van der Waals surface area contributed by atoms with Crippen LogP contribution in [0.2, 0.25) is 0 Å². The van der Waals surface area contributed by atoms with Crippen molar-refractivity contribution < 1.29 is 9.74 Å². The monoisotopic (exact) mass is 330 g/mol. The SMILES string of the molecule is C[C@]12Cc3nonc3CC1CCC1C2CC[C@@]2(C)C1CC[C@]2(C)O. The predicted octanol–water partition coefficient (Wildman–Crippen LogP) is 3.78. The number of fused-ring (bicyclic) bond motifs is 6. The molecular formula is C20H30N2O2. The van der Waals surface area contributed by atoms with Crippen molar-refractivity contribution >= 4 is 0 Å². The molecule has 3 fully saturated rings. The molecule has 132 valence electrons. The van der Waals surface area contributed by atoms with Gasteiger partial charge in [0.1, 0.15) is 11.4 Å². The highest BCUT2D eigenvalue weighted by molar-refractivity contribution is 5.21. The third-order valence-corrected chi connectivity index (χ3v) is 9.25. The molecule has 4 aliphatic carbocycles. The lowest BCUT2D eigenvalue weighted by molar-refractivity contribution is -0.139. The first kappa shape index (κ1) is 15.4. The molecule has 0 amide bonds. The number of hydrogen-bond donors (Lipinski definition) is 1. The molecule has 4 aliphatic rings. The van der Waals surface area contributed by atoms with Crippen molar-refractivity contribution in [2.24, 2.45) is 34.5 Å². The van der Waals surface area contributed by atoms with E-state index in [4.69, 9.17) is 4.63 Å². The molecule has 1 aromatic rings. The van der Waals surface area contributed by atoms with E-state index in [9.17, 15) is 5.11 Å². The van der Waals surface area contributed by atoms with Crippen LogP contribution >= 0.6 is 0 Å². The van der Waals surface area contributed by atoms with Crippen LogP contribution in [0.4, 0.5) is 0 Å². The fourth-order valence-electron chi connectivity index (χ4n) is 7.50. The Morgan fingerprint density at radius 3 is 2.54 bits per heavy atom. The van der Waals surface area contributed by atoms with Crippen LogP contribution < -0.4 is 0 Å². The van der Waals surface area contributed by atoms with Crippen LogP contribution in [0.25, 0.3) is 0 Å². The average Bonchev–Trinajstić information content (AvgIpc) is 3.06. The maximum Gasteiger partial charge on any atom is 0.108 e. The maximum atomic E-state index is 11.0. The van der Waals surface area contributed by atoms with Gasteiger partial charge in [-0.1, -0.05) is 24.2 Å². The Kier molecular flexibility index (Phi) is 2.96. The van der Waals surface area contributed by atoms with E-state index >= 15 is 0 Å². The normalized spacial score (nSPS) is 53.0. The molecule has 4 nitrogen and oxygen atoms in total. The van der Waals surface area contributed by atoms with E-state index in [2.05, 4.69) is 31.1 Å². The van der Waals surface area contributed by atoms with Gasteiger partial charge in [0.2, 0.25) is 0 Å². The molecule has 5 rings (SSSR count). The van der Waals surface area contributed by atoms with Gasteiger partial charge in [-0.25, -0.2) is 4.63 Å². The quantitative estimate of drug-likeness (QED) is 0.786. The molecule has 0 aromatic carbocycles. The lowest BCUT2D eigenvalue weighted by Crippen LogP contribution is -2.56. The van der Waals surface area contributed by atoms with Gasteiger partial charge in [-0.2, -0.15) is 0 Å². The van der Waals surface area contributed by atoms with Gasteiger partial charge in [-0.05, 0) is 86.4 Å². The smallest absolute Gasteiger partial charge is 0.108 e. The lowest BCUT2D eigenvalue weighted by atomic mass is 9.45. The largest absolute Gasteiger partial charge is 0.390 e. The highest BCUT2D eigenvalue weighted by Gasteiger charge is 2.63. The van der Waals surface area contributed by atoms with Crippen LogP contribution in [-0.4, -0.2) is 21.0 Å².